The van der Waals surface area contributed by atoms with E-state index in [4.69, 9.17) is 27.9 Å². The van der Waals surface area contributed by atoms with Crippen LogP contribution in [0.1, 0.15) is 30.9 Å². The third-order valence-electron chi connectivity index (χ3n) is 4.73. The molecule has 1 aliphatic heterocycles. The number of ketones is 1. The number of ether oxygens (including phenoxy) is 1. The first-order valence-electron chi connectivity index (χ1n) is 8.96. The molecule has 0 bridgehead atoms. The van der Waals surface area contributed by atoms with Crippen LogP contribution in [-0.2, 0) is 15.2 Å². The van der Waals surface area contributed by atoms with Crippen LogP contribution in [0.15, 0.2) is 36.4 Å². The van der Waals surface area contributed by atoms with Crippen LogP contribution >= 0.6 is 23.2 Å². The predicted molar refractivity (Wildman–Crippen MR) is 109 cm³/mol. The second-order valence-corrected chi connectivity index (χ2v) is 7.79. The first-order chi connectivity index (χ1) is 13.2. The van der Waals surface area contributed by atoms with Crippen molar-refractivity contribution in [3.8, 4) is 5.75 Å². The van der Waals surface area contributed by atoms with Gasteiger partial charge in [-0.2, -0.15) is 0 Å². The van der Waals surface area contributed by atoms with Gasteiger partial charge in [-0.05, 0) is 44.0 Å². The van der Waals surface area contributed by atoms with Crippen LogP contribution in [0.25, 0.3) is 0 Å². The number of nitrogens with zero attached hydrogens (tertiary/aromatic N) is 1. The minimum atomic E-state index is -1.81. The number of hydrogen-bond acceptors (Lipinski definition) is 4. The summed E-state index contributed by atoms with van der Waals surface area (Å²) in [5.41, 5.74) is 0.204. The maximum absolute atomic E-state index is 13.0. The first kappa shape index (κ1) is 20.6. The van der Waals surface area contributed by atoms with E-state index in [1.807, 2.05) is 13.0 Å². The molecule has 1 aliphatic rings. The molecule has 28 heavy (non-hydrogen) atoms. The fraction of sp³-hybridized carbons (Fsp3) is 0.333. The molecule has 7 heteroatoms. The molecule has 3 rings (SSSR count). The quantitative estimate of drug-likeness (QED) is 0.677. The molecule has 0 saturated carbocycles. The summed E-state index contributed by atoms with van der Waals surface area (Å²) in [7, 11) is 0. The van der Waals surface area contributed by atoms with E-state index < -0.39 is 11.5 Å². The van der Waals surface area contributed by atoms with Gasteiger partial charge in [0.25, 0.3) is 5.91 Å². The van der Waals surface area contributed by atoms with Crippen molar-refractivity contribution in [2.75, 3.05) is 18.1 Å². The van der Waals surface area contributed by atoms with Gasteiger partial charge in [0.1, 0.15) is 11.5 Å². The molecule has 2 aromatic rings. The van der Waals surface area contributed by atoms with Crippen molar-refractivity contribution < 1.29 is 19.4 Å². The lowest BCUT2D eigenvalue weighted by Gasteiger charge is -2.22. The van der Waals surface area contributed by atoms with Crippen molar-refractivity contribution >= 4 is 40.6 Å². The lowest BCUT2D eigenvalue weighted by atomic mass is 9.89. The van der Waals surface area contributed by atoms with E-state index in [1.165, 1.54) is 6.92 Å². The normalized spacial score (nSPS) is 18.3. The lowest BCUT2D eigenvalue weighted by Crippen LogP contribution is -2.42. The zero-order valence-electron chi connectivity index (χ0n) is 15.7. The van der Waals surface area contributed by atoms with Crippen molar-refractivity contribution in [1.29, 1.82) is 0 Å². The number of halogens is 2. The number of hydrogen-bond donors (Lipinski definition) is 1. The summed E-state index contributed by atoms with van der Waals surface area (Å²) < 4.78 is 5.68. The Morgan fingerprint density at radius 1 is 1.25 bits per heavy atom. The Bertz CT molecular complexity index is 931. The molecule has 5 nitrogen and oxygen atoms in total. The molecular formula is C21H21Cl2NO4. The summed E-state index contributed by atoms with van der Waals surface area (Å²) in [6, 6.07) is 10.3. The fourth-order valence-corrected chi connectivity index (χ4v) is 4.00. The standard InChI is InChI=1S/C21H21Cl2NO4/c1-13-5-3-6-16-19(13)24(20(26)21(16,27)12-14(2)25)9-4-10-28-18-8-7-15(22)11-17(18)23/h3,5-8,11,27H,4,9-10,12H2,1-2H3/t21-/m1/s1. The number of carbonyl (C=O) groups is 2. The molecule has 1 amide bonds. The highest BCUT2D eigenvalue weighted by Crippen LogP contribution is 2.44. The monoisotopic (exact) mass is 421 g/mol. The molecule has 0 radical (unpaired) electrons. The summed E-state index contributed by atoms with van der Waals surface area (Å²) in [4.78, 5) is 26.2. The summed E-state index contributed by atoms with van der Waals surface area (Å²) in [5, 5.41) is 11.9. The molecule has 148 valence electrons. The van der Waals surface area contributed by atoms with Gasteiger partial charge in [-0.15, -0.1) is 0 Å². The second kappa shape index (κ2) is 8.11. The van der Waals surface area contributed by atoms with Gasteiger partial charge in [-0.25, -0.2) is 0 Å². The van der Waals surface area contributed by atoms with E-state index in [0.717, 1.165) is 5.56 Å². The number of anilines is 1. The van der Waals surface area contributed by atoms with E-state index >= 15 is 0 Å². The second-order valence-electron chi connectivity index (χ2n) is 6.94. The molecule has 0 fully saturated rings. The van der Waals surface area contributed by atoms with Crippen LogP contribution in [0.5, 0.6) is 5.75 Å². The Morgan fingerprint density at radius 3 is 2.68 bits per heavy atom. The van der Waals surface area contributed by atoms with Crippen LogP contribution in [0.4, 0.5) is 5.69 Å². The van der Waals surface area contributed by atoms with Crippen molar-refractivity contribution in [2.45, 2.75) is 32.3 Å². The number of aliphatic hydroxyl groups is 1. The molecule has 0 spiro atoms. The fourth-order valence-electron chi connectivity index (χ4n) is 3.53. The van der Waals surface area contributed by atoms with Crippen LogP contribution in [-0.4, -0.2) is 29.9 Å². The van der Waals surface area contributed by atoms with Gasteiger partial charge in [0.05, 0.1) is 17.3 Å². The molecule has 2 aromatic carbocycles. The van der Waals surface area contributed by atoms with Gasteiger partial charge in [0.2, 0.25) is 0 Å². The number of aryl methyl sites for hydroxylation is 1. The Morgan fingerprint density at radius 2 is 2.00 bits per heavy atom. The largest absolute Gasteiger partial charge is 0.492 e. The summed E-state index contributed by atoms with van der Waals surface area (Å²) in [6.45, 7) is 3.93. The zero-order chi connectivity index (χ0) is 20.5. The van der Waals surface area contributed by atoms with Crippen molar-refractivity contribution in [1.82, 2.24) is 0 Å². The van der Waals surface area contributed by atoms with Gasteiger partial charge < -0.3 is 14.7 Å². The SMILES string of the molecule is CC(=O)C[C@]1(O)C(=O)N(CCCOc2ccc(Cl)cc2Cl)c2c(C)cccc21. The molecule has 0 aromatic heterocycles. The van der Waals surface area contributed by atoms with E-state index in [0.29, 0.717) is 46.6 Å². The smallest absolute Gasteiger partial charge is 0.264 e. The Balaban J connectivity index is 1.73. The van der Waals surface area contributed by atoms with Crippen molar-refractivity contribution in [3.63, 3.8) is 0 Å². The topological polar surface area (TPSA) is 66.8 Å². The zero-order valence-corrected chi connectivity index (χ0v) is 17.2. The minimum absolute atomic E-state index is 0.240. The van der Waals surface area contributed by atoms with E-state index in [-0.39, 0.29) is 12.2 Å². The Hall–Kier alpha value is -2.08. The molecule has 1 heterocycles. The number of amides is 1. The van der Waals surface area contributed by atoms with Crippen LogP contribution in [0, 0.1) is 6.92 Å². The van der Waals surface area contributed by atoms with E-state index in [9.17, 15) is 14.7 Å². The molecule has 0 unspecified atom stereocenters. The van der Waals surface area contributed by atoms with Crippen LogP contribution < -0.4 is 9.64 Å². The van der Waals surface area contributed by atoms with Gasteiger partial charge in [0.15, 0.2) is 5.60 Å². The Kier molecular flexibility index (Phi) is 5.98. The number of rotatable bonds is 7. The van der Waals surface area contributed by atoms with Crippen LogP contribution in [0.2, 0.25) is 10.0 Å². The summed E-state index contributed by atoms with van der Waals surface area (Å²) in [5.74, 6) is -0.203. The average molecular weight is 422 g/mol. The van der Waals surface area contributed by atoms with E-state index in [1.54, 1.807) is 35.2 Å². The summed E-state index contributed by atoms with van der Waals surface area (Å²) >= 11 is 12.0. The van der Waals surface area contributed by atoms with Crippen LogP contribution in [0.3, 0.4) is 0 Å². The molecule has 0 aliphatic carbocycles. The Labute approximate surface area is 173 Å². The predicted octanol–water partition coefficient (Wildman–Crippen LogP) is 4.28. The van der Waals surface area contributed by atoms with Gasteiger partial charge in [0, 0.05) is 23.6 Å². The van der Waals surface area contributed by atoms with Crippen molar-refractivity contribution in [2.24, 2.45) is 0 Å². The average Bonchev–Trinajstić information content (AvgIpc) is 2.82. The highest BCUT2D eigenvalue weighted by molar-refractivity contribution is 6.35. The maximum atomic E-state index is 13.0. The van der Waals surface area contributed by atoms with Gasteiger partial charge in [-0.3, -0.25) is 9.59 Å². The first-order valence-corrected chi connectivity index (χ1v) is 9.71. The van der Waals surface area contributed by atoms with Gasteiger partial charge >= 0.3 is 0 Å². The number of carbonyl (C=O) groups excluding carboxylic acids is 2. The third-order valence-corrected chi connectivity index (χ3v) is 5.26. The molecular weight excluding hydrogens is 401 g/mol. The molecule has 1 N–H and O–H groups in total. The lowest BCUT2D eigenvalue weighted by molar-refractivity contribution is -0.141. The van der Waals surface area contributed by atoms with E-state index in [2.05, 4.69) is 0 Å². The third kappa shape index (κ3) is 3.88. The minimum Gasteiger partial charge on any atom is -0.492 e. The summed E-state index contributed by atoms with van der Waals surface area (Å²) in [6.07, 6.45) is 0.282. The highest BCUT2D eigenvalue weighted by Gasteiger charge is 2.50. The van der Waals surface area contributed by atoms with Crippen molar-refractivity contribution in [3.05, 3.63) is 57.6 Å². The number of fused-ring (bicyclic) bond motifs is 1. The maximum Gasteiger partial charge on any atom is 0.264 e. The van der Waals surface area contributed by atoms with Gasteiger partial charge in [-0.1, -0.05) is 41.4 Å². The number of benzene rings is 2. The highest BCUT2D eigenvalue weighted by atomic mass is 35.5. The molecule has 0 saturated heterocycles. The molecule has 1 atom stereocenters. The number of Topliss-reactive ketones (excluding diaryl/α,β-unsaturated/α-hetero) is 1. The number of para-hydroxylation sites is 1.